The van der Waals surface area contributed by atoms with E-state index in [1.807, 2.05) is 0 Å². The van der Waals surface area contributed by atoms with Crippen LogP contribution in [-0.2, 0) is 6.54 Å². The minimum atomic E-state index is -0.872. The van der Waals surface area contributed by atoms with Crippen LogP contribution in [0, 0.1) is 18.6 Å². The van der Waals surface area contributed by atoms with Crippen LogP contribution in [-0.4, -0.2) is 10.5 Å². The summed E-state index contributed by atoms with van der Waals surface area (Å²) in [5, 5.41) is 0. The predicted octanol–water partition coefficient (Wildman–Crippen LogP) is 4.14. The maximum Gasteiger partial charge on any atom is 0.269 e. The van der Waals surface area contributed by atoms with Crippen LogP contribution in [0.3, 0.4) is 0 Å². The van der Waals surface area contributed by atoms with Crippen molar-refractivity contribution in [2.45, 2.75) is 13.5 Å². The summed E-state index contributed by atoms with van der Waals surface area (Å²) in [6.07, 6.45) is 0. The zero-order chi connectivity index (χ0) is 20.4. The summed E-state index contributed by atoms with van der Waals surface area (Å²) < 4.78 is 33.9. The second kappa shape index (κ2) is 7.93. The van der Waals surface area contributed by atoms with Gasteiger partial charge in [0.1, 0.15) is 16.0 Å². The summed E-state index contributed by atoms with van der Waals surface area (Å²) >= 11 is 3.19. The van der Waals surface area contributed by atoms with Crippen molar-refractivity contribution in [3.63, 3.8) is 0 Å². The van der Waals surface area contributed by atoms with Gasteiger partial charge in [-0.3, -0.25) is 9.59 Å². The highest BCUT2D eigenvalue weighted by Gasteiger charge is 2.15. The molecule has 0 atom stereocenters. The van der Waals surface area contributed by atoms with Crippen molar-refractivity contribution in [3.05, 3.63) is 91.8 Å². The van der Waals surface area contributed by atoms with Gasteiger partial charge >= 0.3 is 0 Å². The predicted molar refractivity (Wildman–Crippen MR) is 104 cm³/mol. The molecule has 2 N–H and O–H groups in total. The van der Waals surface area contributed by atoms with E-state index in [1.54, 1.807) is 37.3 Å². The van der Waals surface area contributed by atoms with E-state index in [0.29, 0.717) is 17.3 Å². The number of ether oxygens (including phenoxy) is 1. The number of carbonyl (C=O) groups excluding carboxylic acids is 1. The number of hydrogen-bond donors (Lipinski definition) is 1. The van der Waals surface area contributed by atoms with Crippen LogP contribution in [0.15, 0.2) is 57.8 Å². The van der Waals surface area contributed by atoms with Crippen LogP contribution >= 0.6 is 15.9 Å². The Hall–Kier alpha value is -3.00. The normalized spacial score (nSPS) is 10.7. The molecule has 0 aliphatic carbocycles. The zero-order valence-corrected chi connectivity index (χ0v) is 16.3. The second-order valence-corrected chi connectivity index (χ2v) is 6.89. The van der Waals surface area contributed by atoms with Crippen LogP contribution in [0.1, 0.15) is 21.6 Å². The minimum Gasteiger partial charge on any atom is -0.453 e. The summed E-state index contributed by atoms with van der Waals surface area (Å²) in [5.41, 5.74) is 6.58. The summed E-state index contributed by atoms with van der Waals surface area (Å²) in [6, 6.07) is 11.1. The first kappa shape index (κ1) is 19.8. The molecule has 144 valence electrons. The highest BCUT2D eigenvalue weighted by atomic mass is 79.9. The molecule has 28 heavy (non-hydrogen) atoms. The van der Waals surface area contributed by atoms with E-state index in [0.717, 1.165) is 17.7 Å². The van der Waals surface area contributed by atoms with Crippen molar-refractivity contribution in [2.75, 3.05) is 0 Å². The molecule has 0 fully saturated rings. The fourth-order valence-electron chi connectivity index (χ4n) is 2.62. The number of benzene rings is 2. The first-order valence-electron chi connectivity index (χ1n) is 8.18. The lowest BCUT2D eigenvalue weighted by Crippen LogP contribution is -2.24. The lowest BCUT2D eigenvalue weighted by atomic mass is 10.1. The first-order valence-corrected chi connectivity index (χ1v) is 8.97. The monoisotopic (exact) mass is 448 g/mol. The molecule has 1 amide bonds. The standard InChI is InChI=1S/C20H15BrF2N2O3/c1-11-8-17(28-16-7-6-14(22)9-15(16)23)18(21)20(27)25(11)10-12-2-4-13(5-3-12)19(24)26/h2-9H,10H2,1H3,(H2,24,26). The fraction of sp³-hybridized carbons (Fsp3) is 0.100. The van der Waals surface area contributed by atoms with Gasteiger partial charge in [0.15, 0.2) is 11.6 Å². The third-order valence-corrected chi connectivity index (χ3v) is 4.84. The number of nitrogens with zero attached hydrogens (tertiary/aromatic N) is 1. The lowest BCUT2D eigenvalue weighted by Gasteiger charge is -2.15. The van der Waals surface area contributed by atoms with Crippen molar-refractivity contribution in [3.8, 4) is 11.5 Å². The van der Waals surface area contributed by atoms with Gasteiger partial charge in [-0.15, -0.1) is 0 Å². The number of carbonyl (C=O) groups is 1. The van der Waals surface area contributed by atoms with Crippen LogP contribution in [0.25, 0.3) is 0 Å². The van der Waals surface area contributed by atoms with E-state index < -0.39 is 17.5 Å². The van der Waals surface area contributed by atoms with Crippen molar-refractivity contribution in [2.24, 2.45) is 5.73 Å². The minimum absolute atomic E-state index is 0.107. The van der Waals surface area contributed by atoms with Crippen molar-refractivity contribution >= 4 is 21.8 Å². The van der Waals surface area contributed by atoms with E-state index in [4.69, 9.17) is 10.5 Å². The molecule has 1 aromatic heterocycles. The highest BCUT2D eigenvalue weighted by Crippen LogP contribution is 2.30. The molecule has 5 nitrogen and oxygen atoms in total. The smallest absolute Gasteiger partial charge is 0.269 e. The number of pyridine rings is 1. The number of amides is 1. The molecule has 1 heterocycles. The average Bonchev–Trinajstić information content (AvgIpc) is 2.65. The summed E-state index contributed by atoms with van der Waals surface area (Å²) in [4.78, 5) is 23.9. The fourth-order valence-corrected chi connectivity index (χ4v) is 3.03. The molecule has 0 saturated heterocycles. The number of primary amides is 1. The molecule has 0 radical (unpaired) electrons. The third-order valence-electron chi connectivity index (χ3n) is 4.11. The van der Waals surface area contributed by atoms with Gasteiger partial charge in [-0.2, -0.15) is 0 Å². The maximum absolute atomic E-state index is 13.8. The summed E-state index contributed by atoms with van der Waals surface area (Å²) in [7, 11) is 0. The molecule has 0 aliphatic heterocycles. The number of hydrogen-bond acceptors (Lipinski definition) is 3. The number of rotatable bonds is 5. The van der Waals surface area contributed by atoms with Crippen LogP contribution < -0.4 is 16.0 Å². The van der Waals surface area contributed by atoms with Crippen molar-refractivity contribution in [1.82, 2.24) is 4.57 Å². The van der Waals surface area contributed by atoms with Crippen LogP contribution in [0.4, 0.5) is 8.78 Å². The van der Waals surface area contributed by atoms with Gasteiger partial charge in [-0.25, -0.2) is 8.78 Å². The summed E-state index contributed by atoms with van der Waals surface area (Å²) in [6.45, 7) is 1.97. The van der Waals surface area contributed by atoms with Gasteiger partial charge in [-0.05, 0) is 52.7 Å². The zero-order valence-electron chi connectivity index (χ0n) is 14.7. The van der Waals surface area contributed by atoms with Crippen molar-refractivity contribution < 1.29 is 18.3 Å². The van der Waals surface area contributed by atoms with E-state index in [1.165, 1.54) is 4.57 Å². The molecule has 0 unspecified atom stereocenters. The molecule has 0 spiro atoms. The van der Waals surface area contributed by atoms with Crippen LogP contribution in [0.5, 0.6) is 11.5 Å². The van der Waals surface area contributed by atoms with Gasteiger partial charge in [0.2, 0.25) is 5.91 Å². The Morgan fingerprint density at radius 1 is 1.11 bits per heavy atom. The maximum atomic E-state index is 13.8. The molecular formula is C20H15BrF2N2O3. The largest absolute Gasteiger partial charge is 0.453 e. The lowest BCUT2D eigenvalue weighted by molar-refractivity contribution is 0.100. The Labute approximate surface area is 167 Å². The Bertz CT molecular complexity index is 1110. The molecule has 0 bridgehead atoms. The molecular weight excluding hydrogens is 434 g/mol. The van der Waals surface area contributed by atoms with E-state index in [9.17, 15) is 18.4 Å². The topological polar surface area (TPSA) is 74.3 Å². The molecule has 0 aliphatic rings. The number of aromatic nitrogens is 1. The molecule has 3 rings (SSSR count). The van der Waals surface area contributed by atoms with E-state index in [2.05, 4.69) is 15.9 Å². The number of nitrogens with two attached hydrogens (primary N) is 1. The van der Waals surface area contributed by atoms with Gasteiger partial charge in [0, 0.05) is 23.4 Å². The second-order valence-electron chi connectivity index (χ2n) is 6.09. The quantitative estimate of drug-likeness (QED) is 0.637. The van der Waals surface area contributed by atoms with Gasteiger partial charge in [-0.1, -0.05) is 12.1 Å². The number of halogens is 3. The summed E-state index contributed by atoms with van der Waals surface area (Å²) in [5.74, 6) is -2.20. The van der Waals surface area contributed by atoms with Crippen LogP contribution in [0.2, 0.25) is 0 Å². The molecule has 0 saturated carbocycles. The Morgan fingerprint density at radius 2 is 1.79 bits per heavy atom. The van der Waals surface area contributed by atoms with Crippen molar-refractivity contribution in [1.29, 1.82) is 0 Å². The van der Waals surface area contributed by atoms with Gasteiger partial charge in [0.05, 0.1) is 6.54 Å². The van der Waals surface area contributed by atoms with E-state index >= 15 is 0 Å². The Morgan fingerprint density at radius 3 is 2.39 bits per heavy atom. The van der Waals surface area contributed by atoms with E-state index in [-0.39, 0.29) is 28.1 Å². The molecule has 2 aromatic carbocycles. The molecule has 8 heteroatoms. The third kappa shape index (κ3) is 4.12. The SMILES string of the molecule is Cc1cc(Oc2ccc(F)cc2F)c(Br)c(=O)n1Cc1ccc(C(N)=O)cc1. The Kier molecular flexibility index (Phi) is 5.60. The van der Waals surface area contributed by atoms with Gasteiger partial charge in [0.25, 0.3) is 5.56 Å². The number of aryl methyl sites for hydroxylation is 1. The first-order chi connectivity index (χ1) is 13.3. The molecule has 3 aromatic rings. The Balaban J connectivity index is 1.91. The van der Waals surface area contributed by atoms with Gasteiger partial charge < -0.3 is 15.0 Å². The highest BCUT2D eigenvalue weighted by molar-refractivity contribution is 9.10. The average molecular weight is 449 g/mol.